The van der Waals surface area contributed by atoms with Gasteiger partial charge in [-0.3, -0.25) is 0 Å². The standard InChI is InChI=1S/C10H20/c1-3-10(4-2)8-6-5-7-9-10/h3-9H2,1-2H3. The minimum absolute atomic E-state index is 0.762. The van der Waals surface area contributed by atoms with Gasteiger partial charge in [-0.2, -0.15) is 0 Å². The first-order valence-corrected chi connectivity index (χ1v) is 4.83. The van der Waals surface area contributed by atoms with E-state index in [9.17, 15) is 0 Å². The van der Waals surface area contributed by atoms with Crippen LogP contribution in [-0.2, 0) is 0 Å². The fourth-order valence-corrected chi connectivity index (χ4v) is 2.26. The highest BCUT2D eigenvalue weighted by molar-refractivity contribution is 4.79. The second-order valence-electron chi connectivity index (χ2n) is 3.77. The molecule has 0 amide bonds. The van der Waals surface area contributed by atoms with Crippen LogP contribution < -0.4 is 0 Å². The summed E-state index contributed by atoms with van der Waals surface area (Å²) in [5.41, 5.74) is 0.762. The van der Waals surface area contributed by atoms with Crippen LogP contribution in [0.25, 0.3) is 0 Å². The molecule has 0 aromatic heterocycles. The summed E-state index contributed by atoms with van der Waals surface area (Å²) < 4.78 is 0. The maximum Gasteiger partial charge on any atom is -0.0303 e. The van der Waals surface area contributed by atoms with Crippen LogP contribution in [0.15, 0.2) is 0 Å². The number of rotatable bonds is 2. The summed E-state index contributed by atoms with van der Waals surface area (Å²) >= 11 is 0. The Hall–Kier alpha value is 0. The van der Waals surface area contributed by atoms with Crippen LogP contribution in [0.5, 0.6) is 0 Å². The highest BCUT2D eigenvalue weighted by Gasteiger charge is 2.27. The van der Waals surface area contributed by atoms with Gasteiger partial charge < -0.3 is 0 Å². The van der Waals surface area contributed by atoms with Crippen LogP contribution in [0.1, 0.15) is 58.8 Å². The molecule has 0 N–H and O–H groups in total. The molecule has 0 saturated heterocycles. The van der Waals surface area contributed by atoms with Gasteiger partial charge in [0.1, 0.15) is 0 Å². The van der Waals surface area contributed by atoms with E-state index in [0.717, 1.165) is 5.41 Å². The molecule has 1 aliphatic rings. The van der Waals surface area contributed by atoms with Crippen molar-refractivity contribution in [1.82, 2.24) is 0 Å². The Balaban J connectivity index is 2.44. The molecule has 1 saturated carbocycles. The molecule has 0 aliphatic heterocycles. The van der Waals surface area contributed by atoms with Gasteiger partial charge in [0.25, 0.3) is 0 Å². The van der Waals surface area contributed by atoms with Crippen molar-refractivity contribution in [2.75, 3.05) is 0 Å². The zero-order valence-corrected chi connectivity index (χ0v) is 7.45. The molecule has 1 rings (SSSR count). The maximum atomic E-state index is 2.36. The zero-order valence-electron chi connectivity index (χ0n) is 7.45. The Labute approximate surface area is 65.0 Å². The van der Waals surface area contributed by atoms with Gasteiger partial charge in [0, 0.05) is 0 Å². The lowest BCUT2D eigenvalue weighted by Crippen LogP contribution is -2.21. The monoisotopic (exact) mass is 140 g/mol. The van der Waals surface area contributed by atoms with Gasteiger partial charge >= 0.3 is 0 Å². The molecule has 0 unspecified atom stereocenters. The van der Waals surface area contributed by atoms with E-state index < -0.39 is 0 Å². The van der Waals surface area contributed by atoms with Crippen molar-refractivity contribution in [2.45, 2.75) is 58.8 Å². The summed E-state index contributed by atoms with van der Waals surface area (Å²) in [5, 5.41) is 0. The lowest BCUT2D eigenvalue weighted by atomic mass is 9.71. The molecule has 60 valence electrons. The van der Waals surface area contributed by atoms with Gasteiger partial charge in [-0.05, 0) is 18.3 Å². The van der Waals surface area contributed by atoms with Crippen molar-refractivity contribution >= 4 is 0 Å². The third-order valence-electron chi connectivity index (χ3n) is 3.41. The van der Waals surface area contributed by atoms with E-state index >= 15 is 0 Å². The molecule has 0 bridgehead atoms. The van der Waals surface area contributed by atoms with Crippen LogP contribution in [0, 0.1) is 5.41 Å². The Morgan fingerprint density at radius 2 is 1.40 bits per heavy atom. The first kappa shape index (κ1) is 8.10. The highest BCUT2D eigenvalue weighted by atomic mass is 14.3. The van der Waals surface area contributed by atoms with Crippen molar-refractivity contribution in [2.24, 2.45) is 5.41 Å². The SMILES string of the molecule is CCC1(CC)CCCCC1. The van der Waals surface area contributed by atoms with Crippen LogP contribution in [-0.4, -0.2) is 0 Å². The van der Waals surface area contributed by atoms with E-state index in [1.165, 1.54) is 44.9 Å². The molecule has 0 atom stereocenters. The lowest BCUT2D eigenvalue weighted by Gasteiger charge is -2.35. The second kappa shape index (κ2) is 3.41. The van der Waals surface area contributed by atoms with Crippen molar-refractivity contribution in [1.29, 1.82) is 0 Å². The van der Waals surface area contributed by atoms with Gasteiger partial charge in [0.2, 0.25) is 0 Å². The van der Waals surface area contributed by atoms with Crippen LogP contribution >= 0.6 is 0 Å². The van der Waals surface area contributed by atoms with E-state index in [1.807, 2.05) is 0 Å². The minimum atomic E-state index is 0.762. The van der Waals surface area contributed by atoms with Gasteiger partial charge in [0.15, 0.2) is 0 Å². The van der Waals surface area contributed by atoms with Crippen molar-refractivity contribution < 1.29 is 0 Å². The van der Waals surface area contributed by atoms with Crippen LogP contribution in [0.4, 0.5) is 0 Å². The van der Waals surface area contributed by atoms with E-state index in [4.69, 9.17) is 0 Å². The average Bonchev–Trinajstić information content (AvgIpc) is 2.06. The van der Waals surface area contributed by atoms with Crippen molar-refractivity contribution in [3.63, 3.8) is 0 Å². The predicted molar refractivity (Wildman–Crippen MR) is 46.1 cm³/mol. The average molecular weight is 140 g/mol. The summed E-state index contributed by atoms with van der Waals surface area (Å²) in [6, 6.07) is 0. The Bertz CT molecular complexity index is 82.2. The Kier molecular flexibility index (Phi) is 2.76. The van der Waals surface area contributed by atoms with Crippen LogP contribution in [0.3, 0.4) is 0 Å². The summed E-state index contributed by atoms with van der Waals surface area (Å²) in [7, 11) is 0. The topological polar surface area (TPSA) is 0 Å². The Morgan fingerprint density at radius 1 is 0.900 bits per heavy atom. The molecular weight excluding hydrogens is 120 g/mol. The van der Waals surface area contributed by atoms with E-state index in [0.29, 0.717) is 0 Å². The van der Waals surface area contributed by atoms with Crippen LogP contribution in [0.2, 0.25) is 0 Å². The molecule has 0 heteroatoms. The third kappa shape index (κ3) is 1.53. The first-order chi connectivity index (χ1) is 4.83. The molecule has 1 fully saturated rings. The minimum Gasteiger partial charge on any atom is -0.0649 e. The van der Waals surface area contributed by atoms with Crippen molar-refractivity contribution in [3.8, 4) is 0 Å². The summed E-state index contributed by atoms with van der Waals surface area (Å²) in [6.07, 6.45) is 10.3. The van der Waals surface area contributed by atoms with Crippen molar-refractivity contribution in [3.05, 3.63) is 0 Å². The van der Waals surface area contributed by atoms with Gasteiger partial charge in [-0.25, -0.2) is 0 Å². The molecular formula is C10H20. The van der Waals surface area contributed by atoms with E-state index in [2.05, 4.69) is 13.8 Å². The largest absolute Gasteiger partial charge is 0.0649 e. The molecule has 0 nitrogen and oxygen atoms in total. The molecule has 10 heavy (non-hydrogen) atoms. The summed E-state index contributed by atoms with van der Waals surface area (Å²) in [4.78, 5) is 0. The number of hydrogen-bond donors (Lipinski definition) is 0. The van der Waals surface area contributed by atoms with Gasteiger partial charge in [-0.15, -0.1) is 0 Å². The maximum absolute atomic E-state index is 2.36. The molecule has 0 aromatic rings. The lowest BCUT2D eigenvalue weighted by molar-refractivity contribution is 0.173. The van der Waals surface area contributed by atoms with E-state index in [-0.39, 0.29) is 0 Å². The smallest absolute Gasteiger partial charge is 0.0303 e. The fourth-order valence-electron chi connectivity index (χ4n) is 2.26. The molecule has 0 heterocycles. The molecule has 1 aliphatic carbocycles. The second-order valence-corrected chi connectivity index (χ2v) is 3.77. The third-order valence-corrected chi connectivity index (χ3v) is 3.41. The van der Waals surface area contributed by atoms with Gasteiger partial charge in [0.05, 0.1) is 0 Å². The first-order valence-electron chi connectivity index (χ1n) is 4.83. The molecule has 0 radical (unpaired) electrons. The Morgan fingerprint density at radius 3 is 1.70 bits per heavy atom. The summed E-state index contributed by atoms with van der Waals surface area (Å²) in [5.74, 6) is 0. The quantitative estimate of drug-likeness (QED) is 0.548. The fraction of sp³-hybridized carbons (Fsp3) is 1.00. The summed E-state index contributed by atoms with van der Waals surface area (Å²) in [6.45, 7) is 4.71. The van der Waals surface area contributed by atoms with Gasteiger partial charge in [-0.1, -0.05) is 46.0 Å². The predicted octanol–water partition coefficient (Wildman–Crippen LogP) is 3.76. The molecule has 0 spiro atoms. The highest BCUT2D eigenvalue weighted by Crippen LogP contribution is 2.41. The molecule has 0 aromatic carbocycles. The number of hydrogen-bond acceptors (Lipinski definition) is 0. The zero-order chi connectivity index (χ0) is 7.45. The normalized spacial score (nSPS) is 24.6. The van der Waals surface area contributed by atoms with E-state index in [1.54, 1.807) is 0 Å².